The van der Waals surface area contributed by atoms with Gasteiger partial charge in [-0.25, -0.2) is 0 Å². The van der Waals surface area contributed by atoms with Gasteiger partial charge in [-0.1, -0.05) is 6.08 Å². The molecule has 2 aliphatic rings. The molecular weight excluding hydrogens is 330 g/mol. The highest BCUT2D eigenvalue weighted by molar-refractivity contribution is 6.09. The third-order valence-corrected chi connectivity index (χ3v) is 5.22. The molecule has 0 radical (unpaired) electrons. The van der Waals surface area contributed by atoms with Crippen LogP contribution in [0.15, 0.2) is 49.2 Å². The molecule has 3 heterocycles. The van der Waals surface area contributed by atoms with Gasteiger partial charge in [-0.2, -0.15) is 0 Å². The van der Waals surface area contributed by atoms with Gasteiger partial charge in [0.2, 0.25) is 5.91 Å². The van der Waals surface area contributed by atoms with E-state index in [4.69, 9.17) is 4.74 Å². The van der Waals surface area contributed by atoms with Crippen molar-refractivity contribution < 1.29 is 14.3 Å². The average molecular weight is 351 g/mol. The number of benzene rings is 1. The second-order valence-corrected chi connectivity index (χ2v) is 6.67. The molecule has 6 nitrogen and oxygen atoms in total. The predicted octanol–water partition coefficient (Wildman–Crippen LogP) is 2.85. The largest absolute Gasteiger partial charge is 0.381 e. The number of H-pyrrole nitrogens is 1. The smallest absolute Gasteiger partial charge is 0.272 e. The Morgan fingerprint density at radius 2 is 2.15 bits per heavy atom. The maximum Gasteiger partial charge on any atom is 0.272 e. The number of hydrogen-bond acceptors (Lipinski definition) is 3. The lowest BCUT2D eigenvalue weighted by Gasteiger charge is -2.32. The van der Waals surface area contributed by atoms with Gasteiger partial charge in [-0.05, 0) is 48.7 Å². The van der Waals surface area contributed by atoms with Crippen LogP contribution in [0, 0.1) is 0 Å². The van der Waals surface area contributed by atoms with Crippen LogP contribution in [0.3, 0.4) is 0 Å². The summed E-state index contributed by atoms with van der Waals surface area (Å²) < 4.78 is 5.49. The number of amides is 2. The van der Waals surface area contributed by atoms with Crippen molar-refractivity contribution in [3.63, 3.8) is 0 Å². The number of rotatable bonds is 4. The first-order chi connectivity index (χ1) is 12.7. The maximum atomic E-state index is 13.2. The Bertz CT molecular complexity index is 851. The van der Waals surface area contributed by atoms with Crippen molar-refractivity contribution in [2.24, 2.45) is 0 Å². The number of nitrogens with zero attached hydrogens (tertiary/aromatic N) is 1. The van der Waals surface area contributed by atoms with Crippen molar-refractivity contribution in [1.82, 2.24) is 4.98 Å². The number of anilines is 2. The van der Waals surface area contributed by atoms with E-state index >= 15 is 0 Å². The van der Waals surface area contributed by atoms with Crippen LogP contribution in [0.5, 0.6) is 0 Å². The SMILES string of the molecule is C=CCN1C(=O)C2(CCOCC2)c2cc(NC(=O)c3ccc[nH]3)ccc21. The van der Waals surface area contributed by atoms with E-state index in [1.807, 2.05) is 18.2 Å². The Morgan fingerprint density at radius 3 is 2.85 bits per heavy atom. The highest BCUT2D eigenvalue weighted by atomic mass is 16.5. The van der Waals surface area contributed by atoms with Gasteiger partial charge >= 0.3 is 0 Å². The molecule has 26 heavy (non-hydrogen) atoms. The molecule has 0 unspecified atom stereocenters. The topological polar surface area (TPSA) is 74.4 Å². The zero-order chi connectivity index (χ0) is 18.1. The van der Waals surface area contributed by atoms with Crippen LogP contribution < -0.4 is 10.2 Å². The van der Waals surface area contributed by atoms with Gasteiger partial charge in [0.05, 0.1) is 5.41 Å². The molecule has 0 bridgehead atoms. The molecule has 1 aromatic carbocycles. The minimum Gasteiger partial charge on any atom is -0.381 e. The summed E-state index contributed by atoms with van der Waals surface area (Å²) in [6.07, 6.45) is 4.75. The quantitative estimate of drug-likeness (QED) is 0.832. The molecule has 2 N–H and O–H groups in total. The third-order valence-electron chi connectivity index (χ3n) is 5.22. The van der Waals surface area contributed by atoms with Crippen LogP contribution in [-0.4, -0.2) is 36.6 Å². The van der Waals surface area contributed by atoms with Gasteiger partial charge in [0.1, 0.15) is 5.69 Å². The van der Waals surface area contributed by atoms with Gasteiger partial charge in [0.25, 0.3) is 5.91 Å². The molecule has 0 aliphatic carbocycles. The van der Waals surface area contributed by atoms with Gasteiger partial charge < -0.3 is 19.9 Å². The average Bonchev–Trinajstić information content (AvgIpc) is 3.27. The molecule has 1 spiro atoms. The van der Waals surface area contributed by atoms with E-state index in [0.29, 0.717) is 44.0 Å². The standard InChI is InChI=1S/C20H21N3O3/c1-2-10-23-17-6-5-14(22-18(24)16-4-3-9-21-16)13-15(17)20(19(23)25)7-11-26-12-8-20/h2-6,9,13,21H,1,7-8,10-12H2,(H,22,24). The number of nitrogens with one attached hydrogen (secondary N) is 2. The summed E-state index contributed by atoms with van der Waals surface area (Å²) in [7, 11) is 0. The van der Waals surface area contributed by atoms with Crippen LogP contribution in [-0.2, 0) is 14.9 Å². The molecule has 6 heteroatoms. The number of hydrogen-bond donors (Lipinski definition) is 2. The first-order valence-electron chi connectivity index (χ1n) is 8.75. The summed E-state index contributed by atoms with van der Waals surface area (Å²) in [5.41, 5.74) is 2.48. The van der Waals surface area contributed by atoms with E-state index in [1.165, 1.54) is 0 Å². The number of aromatic nitrogens is 1. The van der Waals surface area contributed by atoms with Crippen molar-refractivity contribution >= 4 is 23.2 Å². The molecule has 2 aromatic rings. The molecule has 2 aliphatic heterocycles. The minimum atomic E-state index is -0.566. The maximum absolute atomic E-state index is 13.2. The van der Waals surface area contributed by atoms with E-state index in [0.717, 1.165) is 11.3 Å². The van der Waals surface area contributed by atoms with E-state index in [2.05, 4.69) is 16.9 Å². The van der Waals surface area contributed by atoms with Crippen LogP contribution in [0.1, 0.15) is 28.9 Å². The molecule has 4 rings (SSSR count). The van der Waals surface area contributed by atoms with Crippen LogP contribution in [0.4, 0.5) is 11.4 Å². The summed E-state index contributed by atoms with van der Waals surface area (Å²) in [6, 6.07) is 9.17. The Hall–Kier alpha value is -2.86. The van der Waals surface area contributed by atoms with Gasteiger partial charge in [-0.3, -0.25) is 9.59 Å². The highest BCUT2D eigenvalue weighted by Crippen LogP contribution is 2.48. The van der Waals surface area contributed by atoms with E-state index < -0.39 is 5.41 Å². The van der Waals surface area contributed by atoms with E-state index in [-0.39, 0.29) is 11.8 Å². The molecular formula is C20H21N3O3. The summed E-state index contributed by atoms with van der Waals surface area (Å²) in [4.78, 5) is 30.2. The molecule has 134 valence electrons. The molecule has 2 amide bonds. The molecule has 0 atom stereocenters. The van der Waals surface area contributed by atoms with Crippen molar-refractivity contribution in [2.75, 3.05) is 30.0 Å². The van der Waals surface area contributed by atoms with Crippen molar-refractivity contribution in [3.8, 4) is 0 Å². The second kappa shape index (κ2) is 6.46. The first kappa shape index (κ1) is 16.6. The van der Waals surface area contributed by atoms with Crippen LogP contribution in [0.2, 0.25) is 0 Å². The zero-order valence-electron chi connectivity index (χ0n) is 14.5. The van der Waals surface area contributed by atoms with Crippen molar-refractivity contribution in [2.45, 2.75) is 18.3 Å². The summed E-state index contributed by atoms with van der Waals surface area (Å²) in [6.45, 7) is 5.37. The Kier molecular flexibility index (Phi) is 4.12. The van der Waals surface area contributed by atoms with Gasteiger partial charge in [0.15, 0.2) is 0 Å². The van der Waals surface area contributed by atoms with E-state index in [9.17, 15) is 9.59 Å². The zero-order valence-corrected chi connectivity index (χ0v) is 14.5. The summed E-state index contributed by atoms with van der Waals surface area (Å²) in [5.74, 6) is -0.105. The monoisotopic (exact) mass is 351 g/mol. The Labute approximate surface area is 151 Å². The predicted molar refractivity (Wildman–Crippen MR) is 99.5 cm³/mol. The lowest BCUT2D eigenvalue weighted by atomic mass is 9.75. The molecule has 1 saturated heterocycles. The number of fused-ring (bicyclic) bond motifs is 2. The Morgan fingerprint density at radius 1 is 1.35 bits per heavy atom. The Balaban J connectivity index is 1.71. The fourth-order valence-electron chi connectivity index (χ4n) is 3.90. The van der Waals surface area contributed by atoms with Gasteiger partial charge in [0, 0.05) is 37.3 Å². The molecule has 1 fully saturated rings. The second-order valence-electron chi connectivity index (χ2n) is 6.67. The lowest BCUT2D eigenvalue weighted by molar-refractivity contribution is -0.126. The highest BCUT2D eigenvalue weighted by Gasteiger charge is 2.51. The summed E-state index contributed by atoms with van der Waals surface area (Å²) >= 11 is 0. The van der Waals surface area contributed by atoms with E-state index in [1.54, 1.807) is 29.3 Å². The number of aromatic amines is 1. The molecule has 1 aromatic heterocycles. The minimum absolute atomic E-state index is 0.101. The van der Waals surface area contributed by atoms with Crippen molar-refractivity contribution in [3.05, 3.63) is 60.4 Å². The lowest BCUT2D eigenvalue weighted by Crippen LogP contribution is -2.44. The van der Waals surface area contributed by atoms with Crippen molar-refractivity contribution in [1.29, 1.82) is 0 Å². The molecule has 0 saturated carbocycles. The number of carbonyl (C=O) groups excluding carboxylic acids is 2. The van der Waals surface area contributed by atoms with Crippen LogP contribution in [0.25, 0.3) is 0 Å². The fraction of sp³-hybridized carbons (Fsp3) is 0.300. The summed E-state index contributed by atoms with van der Waals surface area (Å²) in [5, 5.41) is 2.91. The fourth-order valence-corrected chi connectivity index (χ4v) is 3.90. The first-order valence-corrected chi connectivity index (χ1v) is 8.75. The number of ether oxygens (including phenoxy) is 1. The number of carbonyl (C=O) groups is 2. The normalized spacial score (nSPS) is 18.0. The van der Waals surface area contributed by atoms with Crippen LogP contribution >= 0.6 is 0 Å². The third kappa shape index (κ3) is 2.54. The van der Waals surface area contributed by atoms with Gasteiger partial charge in [-0.15, -0.1) is 6.58 Å².